The van der Waals surface area contributed by atoms with Crippen LogP contribution in [0.5, 0.6) is 0 Å². The molecule has 0 spiro atoms. The Morgan fingerprint density at radius 3 is 1.90 bits per heavy atom. The molecule has 29 heavy (non-hydrogen) atoms. The minimum Gasteiger partial charge on any atom is -0.463 e. The van der Waals surface area contributed by atoms with Crippen molar-refractivity contribution in [3.05, 3.63) is 36.5 Å². The van der Waals surface area contributed by atoms with Gasteiger partial charge >= 0.3 is 5.97 Å². The molecule has 4 heteroatoms. The Hall–Kier alpha value is -1.39. The molecule has 0 bridgehead atoms. The summed E-state index contributed by atoms with van der Waals surface area (Å²) >= 11 is 0. The van der Waals surface area contributed by atoms with Gasteiger partial charge in [0.1, 0.15) is 12.7 Å². The quantitative estimate of drug-likeness (QED) is 0.147. The molecule has 0 aromatic carbocycles. The van der Waals surface area contributed by atoms with Gasteiger partial charge in [-0.2, -0.15) is 0 Å². The van der Waals surface area contributed by atoms with Crippen molar-refractivity contribution in [1.29, 1.82) is 0 Å². The number of esters is 1. The molecule has 0 radical (unpaired) electrons. The summed E-state index contributed by atoms with van der Waals surface area (Å²) in [7, 11) is 0. The first-order valence-corrected chi connectivity index (χ1v) is 11.6. The van der Waals surface area contributed by atoms with Gasteiger partial charge in [-0.3, -0.25) is 4.79 Å². The molecule has 0 amide bonds. The van der Waals surface area contributed by atoms with Crippen molar-refractivity contribution >= 4 is 5.97 Å². The lowest BCUT2D eigenvalue weighted by atomic mass is 10.1. The average molecular weight is 409 g/mol. The van der Waals surface area contributed by atoms with E-state index in [1.807, 2.05) is 0 Å². The molecule has 1 unspecified atom stereocenters. The Bertz CT molecular complexity index is 440. The van der Waals surface area contributed by atoms with Crippen LogP contribution in [0.3, 0.4) is 0 Å². The molecular formula is C25H44O4. The highest BCUT2D eigenvalue weighted by Gasteiger charge is 2.07. The maximum Gasteiger partial charge on any atom is 0.305 e. The van der Waals surface area contributed by atoms with E-state index in [0.717, 1.165) is 38.5 Å². The highest BCUT2D eigenvalue weighted by molar-refractivity contribution is 5.69. The van der Waals surface area contributed by atoms with Gasteiger partial charge in [0.05, 0.1) is 6.61 Å². The minimum atomic E-state index is -0.966. The number of aliphatic hydroxyl groups excluding tert-OH is 2. The number of hydrogen-bond donors (Lipinski definition) is 2. The Morgan fingerprint density at radius 2 is 1.31 bits per heavy atom. The fraction of sp³-hybridized carbons (Fsp3) is 0.720. The number of ether oxygens (including phenoxy) is 1. The number of rotatable bonds is 20. The largest absolute Gasteiger partial charge is 0.463 e. The summed E-state index contributed by atoms with van der Waals surface area (Å²) in [5, 5.41) is 17.7. The van der Waals surface area contributed by atoms with Gasteiger partial charge in [0.15, 0.2) is 0 Å². The van der Waals surface area contributed by atoms with Crippen LogP contribution in [0, 0.1) is 0 Å². The van der Waals surface area contributed by atoms with Crippen molar-refractivity contribution in [2.45, 2.75) is 103 Å². The minimum absolute atomic E-state index is 0.116. The molecule has 168 valence electrons. The van der Waals surface area contributed by atoms with Gasteiger partial charge in [0, 0.05) is 6.42 Å². The van der Waals surface area contributed by atoms with Crippen molar-refractivity contribution in [3.63, 3.8) is 0 Å². The van der Waals surface area contributed by atoms with E-state index < -0.39 is 6.10 Å². The third kappa shape index (κ3) is 22.8. The van der Waals surface area contributed by atoms with E-state index in [0.29, 0.717) is 6.42 Å². The Kier molecular flexibility index (Phi) is 21.8. The van der Waals surface area contributed by atoms with Gasteiger partial charge in [-0.1, -0.05) is 81.9 Å². The van der Waals surface area contributed by atoms with Gasteiger partial charge < -0.3 is 14.9 Å². The second kappa shape index (κ2) is 22.9. The van der Waals surface area contributed by atoms with E-state index >= 15 is 0 Å². The molecule has 1 atom stereocenters. The second-order valence-electron chi connectivity index (χ2n) is 7.56. The Balaban J connectivity index is 3.33. The summed E-state index contributed by atoms with van der Waals surface area (Å²) in [5.41, 5.74) is 0. The molecule has 0 saturated heterocycles. The predicted molar refractivity (Wildman–Crippen MR) is 122 cm³/mol. The van der Waals surface area contributed by atoms with E-state index in [2.05, 4.69) is 43.4 Å². The van der Waals surface area contributed by atoms with Crippen LogP contribution in [0.15, 0.2) is 36.5 Å². The van der Waals surface area contributed by atoms with E-state index in [1.165, 1.54) is 44.9 Å². The summed E-state index contributed by atoms with van der Waals surface area (Å²) in [6, 6.07) is 0. The zero-order valence-electron chi connectivity index (χ0n) is 18.6. The van der Waals surface area contributed by atoms with Crippen molar-refractivity contribution in [1.82, 2.24) is 0 Å². The van der Waals surface area contributed by atoms with Crippen LogP contribution < -0.4 is 0 Å². The average Bonchev–Trinajstić information content (AvgIpc) is 2.73. The first-order chi connectivity index (χ1) is 14.2. The second-order valence-corrected chi connectivity index (χ2v) is 7.56. The Labute approximate surface area is 178 Å². The lowest BCUT2D eigenvalue weighted by Gasteiger charge is -2.08. The number of allylic oxidation sites excluding steroid dienone is 6. The third-order valence-electron chi connectivity index (χ3n) is 4.67. The summed E-state index contributed by atoms with van der Waals surface area (Å²) in [4.78, 5) is 11.4. The number of hydrogen-bond acceptors (Lipinski definition) is 4. The molecule has 0 aliphatic carbocycles. The van der Waals surface area contributed by atoms with Crippen molar-refractivity contribution in [2.75, 3.05) is 13.2 Å². The SMILES string of the molecule is CCCCC/C=C\C/C=C\C/C=C\CCCCCCCCC(=O)OCC(O)CO. The molecule has 0 rings (SSSR count). The summed E-state index contributed by atoms with van der Waals surface area (Å²) in [6.45, 7) is 1.74. The zero-order valence-corrected chi connectivity index (χ0v) is 18.6. The number of unbranched alkanes of at least 4 members (excludes halogenated alkanes) is 9. The predicted octanol–water partition coefficient (Wildman–Crippen LogP) is 6.03. The Morgan fingerprint density at radius 1 is 0.793 bits per heavy atom. The van der Waals surface area contributed by atoms with Crippen molar-refractivity contribution < 1.29 is 19.7 Å². The van der Waals surface area contributed by atoms with Gasteiger partial charge in [0.25, 0.3) is 0 Å². The normalized spacial score (nSPS) is 13.1. The molecule has 0 aliphatic heterocycles. The molecular weight excluding hydrogens is 364 g/mol. The van der Waals surface area contributed by atoms with Crippen LogP contribution in [0.4, 0.5) is 0 Å². The number of carbonyl (C=O) groups excluding carboxylic acids is 1. The monoisotopic (exact) mass is 408 g/mol. The zero-order chi connectivity index (χ0) is 21.4. The molecule has 4 nitrogen and oxygen atoms in total. The van der Waals surface area contributed by atoms with Gasteiger partial charge in [-0.25, -0.2) is 0 Å². The number of carbonyl (C=O) groups is 1. The van der Waals surface area contributed by atoms with Crippen LogP contribution in [0.25, 0.3) is 0 Å². The highest BCUT2D eigenvalue weighted by Crippen LogP contribution is 2.09. The first kappa shape index (κ1) is 27.6. The van der Waals surface area contributed by atoms with Gasteiger partial charge in [-0.05, 0) is 44.9 Å². The standard InChI is InChI=1S/C25H44O4/c1-2-3-4-5-6-7-8-9-10-11-12-13-14-15-16-17-18-19-20-21-25(28)29-23-24(27)22-26/h6-7,9-10,12-13,24,26-27H,2-5,8,11,14-23H2,1H3/b7-6-,10-9-,13-12-. The van der Waals surface area contributed by atoms with Gasteiger partial charge in [-0.15, -0.1) is 0 Å². The molecule has 0 saturated carbocycles. The molecule has 2 N–H and O–H groups in total. The van der Waals surface area contributed by atoms with E-state index in [-0.39, 0.29) is 19.2 Å². The topological polar surface area (TPSA) is 66.8 Å². The first-order valence-electron chi connectivity index (χ1n) is 11.6. The highest BCUT2D eigenvalue weighted by atomic mass is 16.5. The summed E-state index contributed by atoms with van der Waals surface area (Å²) in [5.74, 6) is -0.292. The molecule has 0 fully saturated rings. The maximum atomic E-state index is 11.4. The number of aliphatic hydroxyl groups is 2. The maximum absolute atomic E-state index is 11.4. The van der Waals surface area contributed by atoms with Crippen LogP contribution in [0.1, 0.15) is 96.8 Å². The molecule has 0 aromatic heterocycles. The summed E-state index contributed by atoms with van der Waals surface area (Å²) in [6.07, 6.45) is 28.0. The lowest BCUT2D eigenvalue weighted by molar-refractivity contribution is -0.147. The fourth-order valence-corrected chi connectivity index (χ4v) is 2.84. The van der Waals surface area contributed by atoms with E-state index in [1.54, 1.807) is 0 Å². The van der Waals surface area contributed by atoms with Crippen LogP contribution in [-0.2, 0) is 9.53 Å². The third-order valence-corrected chi connectivity index (χ3v) is 4.67. The molecule has 0 heterocycles. The van der Waals surface area contributed by atoms with E-state index in [4.69, 9.17) is 14.9 Å². The molecule has 0 aliphatic rings. The lowest BCUT2D eigenvalue weighted by Crippen LogP contribution is -2.21. The van der Waals surface area contributed by atoms with Gasteiger partial charge in [0.2, 0.25) is 0 Å². The van der Waals surface area contributed by atoms with Crippen molar-refractivity contribution in [2.24, 2.45) is 0 Å². The van der Waals surface area contributed by atoms with Crippen LogP contribution >= 0.6 is 0 Å². The fourth-order valence-electron chi connectivity index (χ4n) is 2.84. The summed E-state index contributed by atoms with van der Waals surface area (Å²) < 4.78 is 4.87. The van der Waals surface area contributed by atoms with Crippen molar-refractivity contribution in [3.8, 4) is 0 Å². The van der Waals surface area contributed by atoms with E-state index in [9.17, 15) is 4.79 Å². The van der Waals surface area contributed by atoms with Crippen LogP contribution in [0.2, 0.25) is 0 Å². The van der Waals surface area contributed by atoms with Crippen LogP contribution in [-0.4, -0.2) is 35.5 Å². The molecule has 0 aromatic rings. The smallest absolute Gasteiger partial charge is 0.305 e.